The molecule has 2 aromatic rings. The molecule has 0 unspecified atom stereocenters. The highest BCUT2D eigenvalue weighted by molar-refractivity contribution is 7.14. The lowest BCUT2D eigenvalue weighted by Crippen LogP contribution is -2.12. The number of amides is 1. The number of nitrogens with one attached hydrogen (secondary N) is 1. The van der Waals surface area contributed by atoms with E-state index in [4.69, 9.17) is 0 Å². The number of aryl methyl sites for hydroxylation is 5. The molecule has 1 aliphatic carbocycles. The summed E-state index contributed by atoms with van der Waals surface area (Å²) in [6.07, 6.45) is 4.77. The van der Waals surface area contributed by atoms with Crippen molar-refractivity contribution in [2.45, 2.75) is 46.5 Å². The molecule has 0 atom stereocenters. The summed E-state index contributed by atoms with van der Waals surface area (Å²) in [6, 6.07) is 6.32. The first kappa shape index (κ1) is 14.3. The molecule has 0 fully saturated rings. The maximum Gasteiger partial charge on any atom is 0.265 e. The van der Waals surface area contributed by atoms with Crippen LogP contribution in [0, 0.1) is 20.8 Å². The summed E-state index contributed by atoms with van der Waals surface area (Å²) in [5.74, 6) is 0.0319. The van der Waals surface area contributed by atoms with Crippen LogP contribution in [0.3, 0.4) is 0 Å². The standard InChI is InChI=1S/C18H21NOS/c1-11-8-12(2)17(13(3)9-11)19-18(20)16-10-14-6-4-5-7-15(14)21-16/h8-10H,4-7H2,1-3H3,(H,19,20). The molecule has 0 saturated carbocycles. The van der Waals surface area contributed by atoms with E-state index >= 15 is 0 Å². The van der Waals surface area contributed by atoms with Crippen molar-refractivity contribution in [2.75, 3.05) is 5.32 Å². The molecule has 110 valence electrons. The SMILES string of the molecule is Cc1cc(C)c(NC(=O)c2cc3c(s2)CCCC3)c(C)c1. The number of fused-ring (bicyclic) bond motifs is 1. The number of hydrogen-bond acceptors (Lipinski definition) is 2. The molecule has 3 heteroatoms. The normalized spacial score (nSPS) is 13.9. The van der Waals surface area contributed by atoms with E-state index in [0.717, 1.165) is 34.5 Å². The summed E-state index contributed by atoms with van der Waals surface area (Å²) in [4.78, 5) is 14.8. The Hall–Kier alpha value is -1.61. The Morgan fingerprint density at radius 1 is 1.05 bits per heavy atom. The fourth-order valence-electron chi connectivity index (χ4n) is 3.15. The van der Waals surface area contributed by atoms with Crippen LogP contribution in [0.2, 0.25) is 0 Å². The minimum absolute atomic E-state index is 0.0319. The highest BCUT2D eigenvalue weighted by Gasteiger charge is 2.18. The Balaban J connectivity index is 1.85. The fourth-order valence-corrected chi connectivity index (χ4v) is 4.30. The van der Waals surface area contributed by atoms with Crippen molar-refractivity contribution in [3.8, 4) is 0 Å². The van der Waals surface area contributed by atoms with Crippen LogP contribution in [0.25, 0.3) is 0 Å². The highest BCUT2D eigenvalue weighted by atomic mass is 32.1. The number of carbonyl (C=O) groups excluding carboxylic acids is 1. The van der Waals surface area contributed by atoms with E-state index in [0.29, 0.717) is 0 Å². The topological polar surface area (TPSA) is 29.1 Å². The summed E-state index contributed by atoms with van der Waals surface area (Å²) in [6.45, 7) is 6.18. The first-order valence-corrected chi connectivity index (χ1v) is 8.37. The van der Waals surface area contributed by atoms with Crippen LogP contribution in [0.5, 0.6) is 0 Å². The molecule has 1 aliphatic rings. The summed E-state index contributed by atoms with van der Waals surface area (Å²) in [5.41, 5.74) is 5.82. The van der Waals surface area contributed by atoms with Crippen LogP contribution in [0.15, 0.2) is 18.2 Å². The molecule has 21 heavy (non-hydrogen) atoms. The summed E-state index contributed by atoms with van der Waals surface area (Å²) >= 11 is 1.67. The smallest absolute Gasteiger partial charge is 0.265 e. The maximum atomic E-state index is 12.5. The van der Waals surface area contributed by atoms with Gasteiger partial charge >= 0.3 is 0 Å². The lowest BCUT2D eigenvalue weighted by Gasteiger charge is -2.12. The van der Waals surface area contributed by atoms with Gasteiger partial charge in [0.2, 0.25) is 0 Å². The Morgan fingerprint density at radius 3 is 2.38 bits per heavy atom. The molecular weight excluding hydrogens is 278 g/mol. The maximum absolute atomic E-state index is 12.5. The van der Waals surface area contributed by atoms with Gasteiger partial charge in [0.15, 0.2) is 0 Å². The number of hydrogen-bond donors (Lipinski definition) is 1. The molecule has 0 aliphatic heterocycles. The third-order valence-corrected chi connectivity index (χ3v) is 5.37. The van der Waals surface area contributed by atoms with Gasteiger partial charge in [0.25, 0.3) is 5.91 Å². The van der Waals surface area contributed by atoms with Gasteiger partial charge in [0.05, 0.1) is 4.88 Å². The zero-order valence-electron chi connectivity index (χ0n) is 12.9. The molecule has 2 nitrogen and oxygen atoms in total. The Morgan fingerprint density at radius 2 is 1.71 bits per heavy atom. The van der Waals surface area contributed by atoms with E-state index in [1.54, 1.807) is 11.3 Å². The monoisotopic (exact) mass is 299 g/mol. The van der Waals surface area contributed by atoms with Crippen molar-refractivity contribution in [1.29, 1.82) is 0 Å². The molecule has 0 bridgehead atoms. The molecule has 0 saturated heterocycles. The molecule has 1 aromatic carbocycles. The van der Waals surface area contributed by atoms with E-state index in [2.05, 4.69) is 44.3 Å². The van der Waals surface area contributed by atoms with Gasteiger partial charge in [-0.15, -0.1) is 11.3 Å². The third-order valence-electron chi connectivity index (χ3n) is 4.14. The Kier molecular flexibility index (Phi) is 3.85. The van der Waals surface area contributed by atoms with Crippen molar-refractivity contribution in [2.24, 2.45) is 0 Å². The number of thiophene rings is 1. The summed E-state index contributed by atoms with van der Waals surface area (Å²) < 4.78 is 0. The number of anilines is 1. The second-order valence-corrected chi connectivity index (χ2v) is 7.13. The largest absolute Gasteiger partial charge is 0.321 e. The minimum Gasteiger partial charge on any atom is -0.321 e. The van der Waals surface area contributed by atoms with Crippen molar-refractivity contribution >= 4 is 22.9 Å². The molecule has 0 radical (unpaired) electrons. The first-order chi connectivity index (χ1) is 10.0. The Bertz CT molecular complexity index is 653. The van der Waals surface area contributed by atoms with E-state index < -0.39 is 0 Å². The molecule has 3 rings (SSSR count). The third kappa shape index (κ3) is 2.88. The first-order valence-electron chi connectivity index (χ1n) is 7.55. The lowest BCUT2D eigenvalue weighted by molar-refractivity contribution is 0.103. The van der Waals surface area contributed by atoms with Gasteiger partial charge in [-0.1, -0.05) is 17.7 Å². The van der Waals surface area contributed by atoms with Gasteiger partial charge in [0, 0.05) is 10.6 Å². The number of benzene rings is 1. The summed E-state index contributed by atoms with van der Waals surface area (Å²) in [5, 5.41) is 3.10. The van der Waals surface area contributed by atoms with Crippen molar-refractivity contribution < 1.29 is 4.79 Å². The lowest BCUT2D eigenvalue weighted by atomic mass is 9.99. The van der Waals surface area contributed by atoms with Gasteiger partial charge in [-0.3, -0.25) is 4.79 Å². The second-order valence-electron chi connectivity index (χ2n) is 5.99. The van der Waals surface area contributed by atoms with Crippen LogP contribution in [0.1, 0.15) is 49.6 Å². The van der Waals surface area contributed by atoms with Crippen LogP contribution >= 0.6 is 11.3 Å². The van der Waals surface area contributed by atoms with Gasteiger partial charge in [-0.2, -0.15) is 0 Å². The Labute approximate surface area is 130 Å². The van der Waals surface area contributed by atoms with Crippen LogP contribution < -0.4 is 5.32 Å². The van der Waals surface area contributed by atoms with Gasteiger partial charge in [-0.25, -0.2) is 0 Å². The predicted octanol–water partition coefficient (Wildman–Crippen LogP) is 4.80. The number of rotatable bonds is 2. The fraction of sp³-hybridized carbons (Fsp3) is 0.389. The van der Waals surface area contributed by atoms with Crippen molar-refractivity contribution in [3.05, 3.63) is 50.2 Å². The van der Waals surface area contributed by atoms with Crippen LogP contribution in [-0.2, 0) is 12.8 Å². The van der Waals surface area contributed by atoms with Gasteiger partial charge in [0.1, 0.15) is 0 Å². The molecule has 0 spiro atoms. The zero-order chi connectivity index (χ0) is 15.0. The van der Waals surface area contributed by atoms with Crippen LogP contribution in [-0.4, -0.2) is 5.91 Å². The zero-order valence-corrected chi connectivity index (χ0v) is 13.7. The number of carbonyl (C=O) groups is 1. The quantitative estimate of drug-likeness (QED) is 0.847. The van der Waals surface area contributed by atoms with E-state index in [1.807, 2.05) is 0 Å². The second kappa shape index (κ2) is 5.64. The van der Waals surface area contributed by atoms with E-state index in [-0.39, 0.29) is 5.91 Å². The average Bonchev–Trinajstić information content (AvgIpc) is 2.86. The van der Waals surface area contributed by atoms with Gasteiger partial charge in [-0.05, 0) is 69.2 Å². The molecule has 1 N–H and O–H groups in total. The minimum atomic E-state index is 0.0319. The van der Waals surface area contributed by atoms with E-state index in [1.165, 1.54) is 28.8 Å². The molecule has 1 amide bonds. The average molecular weight is 299 g/mol. The van der Waals surface area contributed by atoms with E-state index in [9.17, 15) is 4.79 Å². The highest BCUT2D eigenvalue weighted by Crippen LogP contribution is 2.31. The van der Waals surface area contributed by atoms with Gasteiger partial charge < -0.3 is 5.32 Å². The predicted molar refractivity (Wildman–Crippen MR) is 89.6 cm³/mol. The molecule has 1 aromatic heterocycles. The van der Waals surface area contributed by atoms with Crippen LogP contribution in [0.4, 0.5) is 5.69 Å². The molecular formula is C18H21NOS. The molecule has 1 heterocycles. The van der Waals surface area contributed by atoms with Crippen molar-refractivity contribution in [1.82, 2.24) is 0 Å². The van der Waals surface area contributed by atoms with Crippen molar-refractivity contribution in [3.63, 3.8) is 0 Å². The summed E-state index contributed by atoms with van der Waals surface area (Å²) in [7, 11) is 0.